The number of methoxy groups -OCH3 is 1. The van der Waals surface area contributed by atoms with Crippen molar-refractivity contribution >= 4 is 28.7 Å². The first-order valence-corrected chi connectivity index (χ1v) is 12.1. The largest absolute Gasteiger partial charge is 0.496 e. The molecule has 0 aliphatic rings. The van der Waals surface area contributed by atoms with Crippen LogP contribution in [0.25, 0.3) is 16.7 Å². The van der Waals surface area contributed by atoms with Crippen LogP contribution < -0.4 is 10.1 Å². The lowest BCUT2D eigenvalue weighted by Crippen LogP contribution is -2.11. The van der Waals surface area contributed by atoms with Crippen molar-refractivity contribution in [1.82, 2.24) is 4.98 Å². The maximum Gasteiger partial charge on any atom is 0.392 e. The number of benzene rings is 2. The average Bonchev–Trinajstić information content (AvgIpc) is 3.25. The molecule has 0 amide bonds. The molecule has 3 rings (SSSR count). The molecule has 2 N–H and O–H groups in total. The summed E-state index contributed by atoms with van der Waals surface area (Å²) < 4.78 is 50.6. The monoisotopic (exact) mass is 518 g/mol. The Labute approximate surface area is 214 Å². The van der Waals surface area contributed by atoms with Crippen LogP contribution in [0.1, 0.15) is 50.3 Å². The number of carboxylic acids is 1. The quantitative estimate of drug-likeness (QED) is 0.269. The number of carboxylic acid groups (broad SMARTS) is 1. The number of anilines is 1. The molecule has 37 heavy (non-hydrogen) atoms. The number of rotatable bonds is 10. The van der Waals surface area contributed by atoms with Gasteiger partial charge in [-0.2, -0.15) is 18.2 Å². The zero-order valence-corrected chi connectivity index (χ0v) is 21.7. The summed E-state index contributed by atoms with van der Waals surface area (Å²) in [6.07, 6.45) is -2.31. The molecule has 0 aliphatic heterocycles. The van der Waals surface area contributed by atoms with Crippen LogP contribution in [-0.4, -0.2) is 35.9 Å². The van der Waals surface area contributed by atoms with Crippen LogP contribution in [0.15, 0.2) is 58.5 Å². The number of nitrogens with zero attached hydrogens (tertiary/aromatic N) is 1. The van der Waals surface area contributed by atoms with E-state index >= 15 is 0 Å². The topological polar surface area (TPSA) is 84.6 Å². The maximum atomic E-state index is 13.2. The predicted octanol–water partition coefficient (Wildman–Crippen LogP) is 7.58. The van der Waals surface area contributed by atoms with Crippen LogP contribution in [0.2, 0.25) is 0 Å². The SMILES string of the molecule is CC.CC/C=C(\C(=C/CC(F)(F)F)CNc1nc2cc(C)ccc2o1)c1cc(CC(=O)O)ccc1OC. The van der Waals surface area contributed by atoms with Gasteiger partial charge in [-0.05, 0) is 59.9 Å². The molecule has 9 heteroatoms. The van der Waals surface area contributed by atoms with Gasteiger partial charge in [0.1, 0.15) is 11.3 Å². The van der Waals surface area contributed by atoms with Crippen molar-refractivity contribution in [2.45, 2.75) is 53.1 Å². The summed E-state index contributed by atoms with van der Waals surface area (Å²) in [5.41, 5.74) is 4.09. The molecular weight excluding hydrogens is 485 g/mol. The molecule has 0 saturated heterocycles. The van der Waals surface area contributed by atoms with E-state index in [1.165, 1.54) is 7.11 Å². The van der Waals surface area contributed by atoms with Crippen LogP contribution in [-0.2, 0) is 11.2 Å². The summed E-state index contributed by atoms with van der Waals surface area (Å²) in [4.78, 5) is 15.6. The second kappa shape index (κ2) is 13.5. The fraction of sp³-hybridized carbons (Fsp3) is 0.357. The fourth-order valence-electron chi connectivity index (χ4n) is 3.67. The van der Waals surface area contributed by atoms with Gasteiger partial charge in [0.05, 0.1) is 20.0 Å². The number of nitrogens with one attached hydrogen (secondary N) is 1. The van der Waals surface area contributed by atoms with Gasteiger partial charge in [0.25, 0.3) is 6.01 Å². The molecule has 0 radical (unpaired) electrons. The van der Waals surface area contributed by atoms with Crippen molar-refractivity contribution in [3.05, 3.63) is 70.8 Å². The van der Waals surface area contributed by atoms with Crippen molar-refractivity contribution in [2.24, 2.45) is 0 Å². The third-order valence-corrected chi connectivity index (χ3v) is 5.22. The highest BCUT2D eigenvalue weighted by Gasteiger charge is 2.26. The van der Waals surface area contributed by atoms with Gasteiger partial charge in [0.15, 0.2) is 5.58 Å². The Bertz CT molecular complexity index is 1260. The minimum Gasteiger partial charge on any atom is -0.496 e. The van der Waals surface area contributed by atoms with Crippen molar-refractivity contribution in [1.29, 1.82) is 0 Å². The molecular formula is C28H33F3N2O4. The van der Waals surface area contributed by atoms with Crippen LogP contribution in [0.5, 0.6) is 5.75 Å². The van der Waals surface area contributed by atoms with Gasteiger partial charge in [-0.1, -0.05) is 45.1 Å². The number of hydrogen-bond donors (Lipinski definition) is 2. The van der Waals surface area contributed by atoms with E-state index in [0.29, 0.717) is 45.5 Å². The zero-order chi connectivity index (χ0) is 27.6. The number of alkyl halides is 3. The molecule has 0 unspecified atom stereocenters. The molecule has 0 bridgehead atoms. The van der Waals surface area contributed by atoms with Gasteiger partial charge in [-0.25, -0.2) is 0 Å². The molecule has 0 fully saturated rings. The van der Waals surface area contributed by atoms with E-state index in [-0.39, 0.29) is 19.0 Å². The smallest absolute Gasteiger partial charge is 0.392 e. The summed E-state index contributed by atoms with van der Waals surface area (Å²) in [7, 11) is 1.46. The molecule has 6 nitrogen and oxygen atoms in total. The Balaban J connectivity index is 0.00000235. The van der Waals surface area contributed by atoms with E-state index in [4.69, 9.17) is 9.15 Å². The van der Waals surface area contributed by atoms with E-state index in [1.54, 1.807) is 30.3 Å². The second-order valence-corrected chi connectivity index (χ2v) is 8.02. The van der Waals surface area contributed by atoms with E-state index < -0.39 is 18.6 Å². The van der Waals surface area contributed by atoms with Gasteiger partial charge < -0.3 is 19.6 Å². The summed E-state index contributed by atoms with van der Waals surface area (Å²) in [6.45, 7) is 7.79. The maximum absolute atomic E-state index is 13.2. The Morgan fingerprint density at radius 3 is 2.51 bits per heavy atom. The first kappa shape index (κ1) is 29.5. The zero-order valence-electron chi connectivity index (χ0n) is 21.7. The Morgan fingerprint density at radius 1 is 1.16 bits per heavy atom. The first-order valence-electron chi connectivity index (χ1n) is 12.1. The lowest BCUT2D eigenvalue weighted by molar-refractivity contribution is -0.136. The minimum atomic E-state index is -4.40. The number of aliphatic carboxylic acids is 1. The minimum absolute atomic E-state index is 0.0000296. The van der Waals surface area contributed by atoms with E-state index in [2.05, 4.69) is 10.3 Å². The van der Waals surface area contributed by atoms with Gasteiger partial charge in [-0.3, -0.25) is 4.79 Å². The molecule has 0 atom stereocenters. The summed E-state index contributed by atoms with van der Waals surface area (Å²) >= 11 is 0. The van der Waals surface area contributed by atoms with Crippen molar-refractivity contribution in [3.63, 3.8) is 0 Å². The van der Waals surface area contributed by atoms with Crippen molar-refractivity contribution in [3.8, 4) is 5.75 Å². The second-order valence-electron chi connectivity index (χ2n) is 8.02. The van der Waals surface area contributed by atoms with Gasteiger partial charge in [-0.15, -0.1) is 0 Å². The molecule has 1 aromatic heterocycles. The van der Waals surface area contributed by atoms with Gasteiger partial charge >= 0.3 is 12.1 Å². The number of fused-ring (bicyclic) bond motifs is 1. The van der Waals surface area contributed by atoms with Crippen LogP contribution in [0, 0.1) is 6.92 Å². The Morgan fingerprint density at radius 2 is 1.89 bits per heavy atom. The number of halogens is 3. The van der Waals surface area contributed by atoms with Crippen LogP contribution >= 0.6 is 0 Å². The number of hydrogen-bond acceptors (Lipinski definition) is 5. The number of aromatic nitrogens is 1. The van der Waals surface area contributed by atoms with E-state index in [9.17, 15) is 23.1 Å². The first-order chi connectivity index (χ1) is 17.6. The molecule has 0 aliphatic carbocycles. The molecule has 200 valence electrons. The molecule has 3 aromatic rings. The molecule has 1 heterocycles. The number of oxazole rings is 1. The normalized spacial score (nSPS) is 12.2. The standard InChI is InChI=1S/C26H27F3N2O4.C2H6/c1-4-5-19(20-13-17(14-24(32)33)7-9-22(20)34-3)18(10-11-26(27,28)29)15-30-25-31-21-12-16(2)6-8-23(21)35-25;1-2/h5-10,12-13H,4,11,14-15H2,1-3H3,(H,30,31)(H,32,33);1-2H3/b18-10-,19-5+;. The Kier molecular flexibility index (Phi) is 10.8. The Hall–Kier alpha value is -3.75. The number of ether oxygens (including phenoxy) is 1. The fourth-order valence-corrected chi connectivity index (χ4v) is 3.67. The third kappa shape index (κ3) is 8.70. The molecule has 0 saturated carbocycles. The van der Waals surface area contributed by atoms with Crippen LogP contribution in [0.4, 0.5) is 19.2 Å². The summed E-state index contributed by atoms with van der Waals surface area (Å²) in [6, 6.07) is 10.6. The van der Waals surface area contributed by atoms with Crippen molar-refractivity contribution in [2.75, 3.05) is 19.0 Å². The van der Waals surface area contributed by atoms with Gasteiger partial charge in [0, 0.05) is 12.1 Å². The predicted molar refractivity (Wildman–Crippen MR) is 140 cm³/mol. The van der Waals surface area contributed by atoms with Crippen molar-refractivity contribution < 1.29 is 32.2 Å². The molecule has 2 aromatic carbocycles. The lowest BCUT2D eigenvalue weighted by Gasteiger charge is -2.18. The highest BCUT2D eigenvalue weighted by Crippen LogP contribution is 2.34. The number of allylic oxidation sites excluding steroid dienone is 2. The average molecular weight is 519 g/mol. The van der Waals surface area contributed by atoms with Gasteiger partial charge in [0.2, 0.25) is 0 Å². The number of aryl methyl sites for hydroxylation is 1. The third-order valence-electron chi connectivity index (χ3n) is 5.22. The van der Waals surface area contributed by atoms with Crippen LogP contribution in [0.3, 0.4) is 0 Å². The molecule has 0 spiro atoms. The highest BCUT2D eigenvalue weighted by atomic mass is 19.4. The lowest BCUT2D eigenvalue weighted by atomic mass is 9.93. The summed E-state index contributed by atoms with van der Waals surface area (Å²) in [5, 5.41) is 12.2. The number of carbonyl (C=O) groups is 1. The van der Waals surface area contributed by atoms with E-state index in [1.807, 2.05) is 39.8 Å². The highest BCUT2D eigenvalue weighted by molar-refractivity contribution is 5.84. The van der Waals surface area contributed by atoms with E-state index in [0.717, 1.165) is 11.6 Å². The summed E-state index contributed by atoms with van der Waals surface area (Å²) in [5.74, 6) is -0.586.